The fourth-order valence-corrected chi connectivity index (χ4v) is 5.66. The molecule has 4 rings (SSSR count). The van der Waals surface area contributed by atoms with Crippen molar-refractivity contribution in [1.29, 1.82) is 0 Å². The van der Waals surface area contributed by atoms with Gasteiger partial charge in [-0.3, -0.25) is 9.59 Å². The number of hydrogen-bond acceptors (Lipinski definition) is 4. The third kappa shape index (κ3) is 3.61. The van der Waals surface area contributed by atoms with Gasteiger partial charge in [0.15, 0.2) is 0 Å². The molecule has 0 N–H and O–H groups in total. The third-order valence-electron chi connectivity index (χ3n) is 5.83. The lowest BCUT2D eigenvalue weighted by Crippen LogP contribution is -2.49. The molecule has 0 radical (unpaired) electrons. The van der Waals surface area contributed by atoms with Gasteiger partial charge in [-0.25, -0.2) is 8.42 Å². The van der Waals surface area contributed by atoms with Crippen LogP contribution in [0.25, 0.3) is 0 Å². The molecule has 1 saturated heterocycles. The SMILES string of the molecule is CC(=O)N1CCN(S(=O)(=O)c2cccc(C(=O)N3c4ccccc4CC3C)c2)CC1. The van der Waals surface area contributed by atoms with E-state index in [0.29, 0.717) is 18.7 Å². The van der Waals surface area contributed by atoms with E-state index in [1.165, 1.54) is 23.4 Å². The minimum atomic E-state index is -3.74. The molecule has 2 heterocycles. The number of amides is 2. The number of piperazine rings is 1. The molecule has 7 nitrogen and oxygen atoms in total. The van der Waals surface area contributed by atoms with E-state index in [-0.39, 0.29) is 35.8 Å². The van der Waals surface area contributed by atoms with Gasteiger partial charge in [-0.1, -0.05) is 24.3 Å². The Morgan fingerprint density at radius 1 is 0.967 bits per heavy atom. The number of para-hydroxylation sites is 1. The fraction of sp³-hybridized carbons (Fsp3) is 0.364. The molecule has 0 aliphatic carbocycles. The molecule has 1 unspecified atom stereocenters. The first-order chi connectivity index (χ1) is 14.3. The molecule has 0 aromatic heterocycles. The summed E-state index contributed by atoms with van der Waals surface area (Å²) >= 11 is 0. The average molecular weight is 428 g/mol. The third-order valence-corrected chi connectivity index (χ3v) is 7.72. The molecule has 1 atom stereocenters. The molecule has 30 heavy (non-hydrogen) atoms. The van der Waals surface area contributed by atoms with Crippen molar-refractivity contribution in [3.63, 3.8) is 0 Å². The van der Waals surface area contributed by atoms with Crippen LogP contribution in [-0.4, -0.2) is 61.7 Å². The van der Waals surface area contributed by atoms with Crippen LogP contribution >= 0.6 is 0 Å². The van der Waals surface area contributed by atoms with Crippen LogP contribution in [0.1, 0.15) is 29.8 Å². The molecule has 0 saturated carbocycles. The molecule has 8 heteroatoms. The van der Waals surface area contributed by atoms with E-state index in [9.17, 15) is 18.0 Å². The first-order valence-corrected chi connectivity index (χ1v) is 11.5. The summed E-state index contributed by atoms with van der Waals surface area (Å²) in [5, 5.41) is 0. The summed E-state index contributed by atoms with van der Waals surface area (Å²) in [6.45, 7) is 4.71. The van der Waals surface area contributed by atoms with Gasteiger partial charge >= 0.3 is 0 Å². The van der Waals surface area contributed by atoms with E-state index in [1.807, 2.05) is 31.2 Å². The Hall–Kier alpha value is -2.71. The Morgan fingerprint density at radius 2 is 1.67 bits per heavy atom. The number of carbonyl (C=O) groups excluding carboxylic acids is 2. The zero-order valence-corrected chi connectivity index (χ0v) is 17.9. The zero-order valence-electron chi connectivity index (χ0n) is 17.1. The fourth-order valence-electron chi connectivity index (χ4n) is 4.20. The molecule has 1 fully saturated rings. The van der Waals surface area contributed by atoms with Crippen LogP contribution in [0.2, 0.25) is 0 Å². The Labute approximate surface area is 176 Å². The van der Waals surface area contributed by atoms with Gasteiger partial charge < -0.3 is 9.80 Å². The summed E-state index contributed by atoms with van der Waals surface area (Å²) in [5.74, 6) is -0.259. The summed E-state index contributed by atoms with van der Waals surface area (Å²) < 4.78 is 27.6. The topological polar surface area (TPSA) is 78.0 Å². The predicted octanol–water partition coefficient (Wildman–Crippen LogP) is 2.13. The number of hydrogen-bond donors (Lipinski definition) is 0. The highest BCUT2D eigenvalue weighted by Crippen LogP contribution is 2.33. The van der Waals surface area contributed by atoms with Crippen LogP contribution in [0.4, 0.5) is 5.69 Å². The van der Waals surface area contributed by atoms with E-state index in [1.54, 1.807) is 21.9 Å². The van der Waals surface area contributed by atoms with E-state index < -0.39 is 10.0 Å². The maximum Gasteiger partial charge on any atom is 0.258 e. The Morgan fingerprint density at radius 3 is 2.37 bits per heavy atom. The number of sulfonamides is 1. The largest absolute Gasteiger partial charge is 0.340 e. The highest BCUT2D eigenvalue weighted by molar-refractivity contribution is 7.89. The van der Waals surface area contributed by atoms with Gasteiger partial charge in [-0.15, -0.1) is 0 Å². The highest BCUT2D eigenvalue weighted by Gasteiger charge is 2.33. The highest BCUT2D eigenvalue weighted by atomic mass is 32.2. The van der Waals surface area contributed by atoms with Crippen molar-refractivity contribution in [3.05, 3.63) is 59.7 Å². The Balaban J connectivity index is 1.59. The second kappa shape index (κ2) is 7.85. The van der Waals surface area contributed by atoms with Crippen molar-refractivity contribution < 1.29 is 18.0 Å². The summed E-state index contributed by atoms with van der Waals surface area (Å²) in [7, 11) is -3.74. The van der Waals surface area contributed by atoms with Crippen molar-refractivity contribution in [2.24, 2.45) is 0 Å². The van der Waals surface area contributed by atoms with E-state index in [4.69, 9.17) is 0 Å². The average Bonchev–Trinajstić information content (AvgIpc) is 3.09. The van der Waals surface area contributed by atoms with E-state index >= 15 is 0 Å². The van der Waals surface area contributed by atoms with Gasteiger partial charge in [0.2, 0.25) is 15.9 Å². The van der Waals surface area contributed by atoms with Gasteiger partial charge in [-0.05, 0) is 43.2 Å². The first kappa shape index (κ1) is 20.6. The summed E-state index contributed by atoms with van der Waals surface area (Å²) in [4.78, 5) is 28.2. The molecule has 2 aromatic carbocycles. The summed E-state index contributed by atoms with van der Waals surface area (Å²) in [5.41, 5.74) is 2.34. The second-order valence-electron chi connectivity index (χ2n) is 7.79. The van der Waals surface area contributed by atoms with Crippen molar-refractivity contribution >= 4 is 27.5 Å². The zero-order chi connectivity index (χ0) is 21.5. The lowest BCUT2D eigenvalue weighted by molar-refractivity contribution is -0.129. The summed E-state index contributed by atoms with van der Waals surface area (Å²) in [6, 6.07) is 14.0. The molecule has 0 spiro atoms. The molecule has 2 aromatic rings. The van der Waals surface area contributed by atoms with Crippen LogP contribution in [0, 0.1) is 0 Å². The molecular weight excluding hydrogens is 402 g/mol. The molecule has 2 aliphatic heterocycles. The Bertz CT molecular complexity index is 1090. The van der Waals surface area contributed by atoms with Crippen molar-refractivity contribution in [1.82, 2.24) is 9.21 Å². The number of fused-ring (bicyclic) bond motifs is 1. The maximum absolute atomic E-state index is 13.3. The minimum Gasteiger partial charge on any atom is -0.340 e. The molecule has 2 amide bonds. The van der Waals surface area contributed by atoms with Crippen molar-refractivity contribution in [3.8, 4) is 0 Å². The van der Waals surface area contributed by atoms with Gasteiger partial charge in [-0.2, -0.15) is 4.31 Å². The molecule has 2 aliphatic rings. The molecular formula is C22H25N3O4S. The number of benzene rings is 2. The number of carbonyl (C=O) groups is 2. The smallest absolute Gasteiger partial charge is 0.258 e. The van der Waals surface area contributed by atoms with Crippen LogP contribution in [0.3, 0.4) is 0 Å². The van der Waals surface area contributed by atoms with E-state index in [0.717, 1.165) is 17.7 Å². The predicted molar refractivity (Wildman–Crippen MR) is 114 cm³/mol. The van der Waals surface area contributed by atoms with E-state index in [2.05, 4.69) is 0 Å². The Kier molecular flexibility index (Phi) is 5.38. The van der Waals surface area contributed by atoms with Crippen molar-refractivity contribution in [2.75, 3.05) is 31.1 Å². The molecule has 0 bridgehead atoms. The first-order valence-electron chi connectivity index (χ1n) is 10.1. The number of rotatable bonds is 3. The monoisotopic (exact) mass is 427 g/mol. The van der Waals surface area contributed by atoms with Gasteiger partial charge in [0, 0.05) is 50.4 Å². The quantitative estimate of drug-likeness (QED) is 0.752. The molecule has 158 valence electrons. The minimum absolute atomic E-state index is 0.00909. The second-order valence-corrected chi connectivity index (χ2v) is 9.73. The van der Waals surface area contributed by atoms with Gasteiger partial charge in [0.05, 0.1) is 4.90 Å². The normalized spacial score (nSPS) is 19.6. The standard InChI is InChI=1S/C22H25N3O4S/c1-16-14-18-6-3-4-9-21(18)25(16)22(27)19-7-5-8-20(15-19)30(28,29)24-12-10-23(11-13-24)17(2)26/h3-9,15-16H,10-14H2,1-2H3. The lowest BCUT2D eigenvalue weighted by atomic mass is 10.1. The summed E-state index contributed by atoms with van der Waals surface area (Å²) in [6.07, 6.45) is 0.778. The van der Waals surface area contributed by atoms with Crippen LogP contribution in [0.5, 0.6) is 0 Å². The van der Waals surface area contributed by atoms with Gasteiger partial charge in [0.1, 0.15) is 0 Å². The maximum atomic E-state index is 13.3. The van der Waals surface area contributed by atoms with Crippen LogP contribution < -0.4 is 4.90 Å². The van der Waals surface area contributed by atoms with Crippen molar-refractivity contribution in [2.45, 2.75) is 31.2 Å². The number of nitrogens with zero attached hydrogens (tertiary/aromatic N) is 3. The van der Waals surface area contributed by atoms with Crippen LogP contribution in [0.15, 0.2) is 53.4 Å². The van der Waals surface area contributed by atoms with Crippen LogP contribution in [-0.2, 0) is 21.2 Å². The number of anilines is 1. The van der Waals surface area contributed by atoms with Gasteiger partial charge in [0.25, 0.3) is 5.91 Å². The lowest BCUT2D eigenvalue weighted by Gasteiger charge is -2.33.